The molecule has 5 heteroatoms. The van der Waals surface area contributed by atoms with Crippen molar-refractivity contribution in [2.75, 3.05) is 13.1 Å². The molecule has 2 rings (SSSR count). The number of carbonyl (C=O) groups is 2. The van der Waals surface area contributed by atoms with Gasteiger partial charge in [-0.25, -0.2) is 4.39 Å². The molecule has 1 N–H and O–H groups in total. The number of hydrogen-bond acceptors (Lipinski definition) is 2. The predicted octanol–water partition coefficient (Wildman–Crippen LogP) is 3.74. The van der Waals surface area contributed by atoms with E-state index in [1.807, 2.05) is 44.2 Å². The van der Waals surface area contributed by atoms with Gasteiger partial charge in [0.25, 0.3) is 0 Å². The van der Waals surface area contributed by atoms with E-state index in [1.54, 1.807) is 23.1 Å². The molecule has 2 aromatic carbocycles. The molecular weight excluding hydrogens is 355 g/mol. The van der Waals surface area contributed by atoms with Crippen molar-refractivity contribution in [3.05, 3.63) is 71.5 Å². The first-order valence-corrected chi connectivity index (χ1v) is 9.91. The number of amides is 2. The van der Waals surface area contributed by atoms with E-state index in [9.17, 15) is 14.0 Å². The Kier molecular flexibility index (Phi) is 8.66. The first kappa shape index (κ1) is 21.6. The maximum atomic E-state index is 14.0. The van der Waals surface area contributed by atoms with Crippen molar-refractivity contribution in [3.8, 4) is 0 Å². The Bertz CT molecular complexity index is 764. The fraction of sp³-hybridized carbons (Fsp3) is 0.391. The number of nitrogens with one attached hydrogen (secondary N) is 1. The SMILES string of the molecule is CCCNC(=O)C(CC)N(CCc1ccccc1)C(=O)Cc1ccccc1F. The minimum atomic E-state index is -0.561. The summed E-state index contributed by atoms with van der Waals surface area (Å²) in [5.41, 5.74) is 1.44. The van der Waals surface area contributed by atoms with Gasteiger partial charge in [-0.3, -0.25) is 9.59 Å². The Balaban J connectivity index is 2.19. The molecule has 0 spiro atoms. The molecular formula is C23H29FN2O2. The van der Waals surface area contributed by atoms with E-state index < -0.39 is 11.9 Å². The van der Waals surface area contributed by atoms with Gasteiger partial charge in [0.05, 0.1) is 6.42 Å². The molecule has 150 valence electrons. The Morgan fingerprint density at radius 3 is 2.36 bits per heavy atom. The lowest BCUT2D eigenvalue weighted by Gasteiger charge is -2.30. The van der Waals surface area contributed by atoms with E-state index in [-0.39, 0.29) is 18.2 Å². The largest absolute Gasteiger partial charge is 0.354 e. The predicted molar refractivity (Wildman–Crippen MR) is 109 cm³/mol. The molecule has 0 heterocycles. The van der Waals surface area contributed by atoms with Crippen LogP contribution in [0.1, 0.15) is 37.8 Å². The number of hydrogen-bond donors (Lipinski definition) is 1. The van der Waals surface area contributed by atoms with Gasteiger partial charge in [-0.1, -0.05) is 62.4 Å². The minimum absolute atomic E-state index is 0.0565. The molecule has 0 aromatic heterocycles. The van der Waals surface area contributed by atoms with Crippen molar-refractivity contribution in [2.24, 2.45) is 0 Å². The highest BCUT2D eigenvalue weighted by Crippen LogP contribution is 2.14. The molecule has 28 heavy (non-hydrogen) atoms. The molecule has 0 aliphatic rings. The van der Waals surface area contributed by atoms with Crippen molar-refractivity contribution >= 4 is 11.8 Å². The second-order valence-corrected chi connectivity index (χ2v) is 6.81. The fourth-order valence-corrected chi connectivity index (χ4v) is 3.17. The summed E-state index contributed by atoms with van der Waals surface area (Å²) in [6, 6.07) is 15.6. The number of rotatable bonds is 10. The summed E-state index contributed by atoms with van der Waals surface area (Å²) in [7, 11) is 0. The first-order chi connectivity index (χ1) is 13.6. The summed E-state index contributed by atoms with van der Waals surface area (Å²) in [4.78, 5) is 27.3. The third kappa shape index (κ3) is 6.19. The smallest absolute Gasteiger partial charge is 0.242 e. The minimum Gasteiger partial charge on any atom is -0.354 e. The van der Waals surface area contributed by atoms with E-state index in [4.69, 9.17) is 0 Å². The van der Waals surface area contributed by atoms with Gasteiger partial charge in [-0.15, -0.1) is 0 Å². The highest BCUT2D eigenvalue weighted by molar-refractivity contribution is 5.88. The zero-order chi connectivity index (χ0) is 20.4. The lowest BCUT2D eigenvalue weighted by molar-refractivity contribution is -0.140. The molecule has 0 saturated heterocycles. The van der Waals surface area contributed by atoms with Crippen molar-refractivity contribution in [3.63, 3.8) is 0 Å². The van der Waals surface area contributed by atoms with Crippen LogP contribution in [0.4, 0.5) is 4.39 Å². The number of benzene rings is 2. The Morgan fingerprint density at radius 1 is 1.04 bits per heavy atom. The van der Waals surface area contributed by atoms with Crippen LogP contribution in [0, 0.1) is 5.82 Å². The van der Waals surface area contributed by atoms with Crippen LogP contribution in [-0.4, -0.2) is 35.8 Å². The third-order valence-corrected chi connectivity index (χ3v) is 4.72. The molecule has 1 unspecified atom stereocenters. The van der Waals surface area contributed by atoms with Crippen LogP contribution in [0.25, 0.3) is 0 Å². The highest BCUT2D eigenvalue weighted by atomic mass is 19.1. The number of nitrogens with zero attached hydrogens (tertiary/aromatic N) is 1. The van der Waals surface area contributed by atoms with E-state index >= 15 is 0 Å². The van der Waals surface area contributed by atoms with Crippen LogP contribution in [0.15, 0.2) is 54.6 Å². The summed E-state index contributed by atoms with van der Waals surface area (Å²) in [5, 5.41) is 2.89. The standard InChI is InChI=1S/C23H29FN2O2/c1-3-15-25-23(28)21(4-2)26(16-14-18-10-6-5-7-11-18)22(27)17-19-12-8-9-13-20(19)24/h5-13,21H,3-4,14-17H2,1-2H3,(H,25,28). The topological polar surface area (TPSA) is 49.4 Å². The van der Waals surface area contributed by atoms with Gasteiger partial charge in [0, 0.05) is 13.1 Å². The highest BCUT2D eigenvalue weighted by Gasteiger charge is 2.28. The maximum Gasteiger partial charge on any atom is 0.242 e. The lowest BCUT2D eigenvalue weighted by Crippen LogP contribution is -2.50. The van der Waals surface area contributed by atoms with Crippen LogP contribution in [-0.2, 0) is 22.4 Å². The Morgan fingerprint density at radius 2 is 1.71 bits per heavy atom. The first-order valence-electron chi connectivity index (χ1n) is 9.91. The Labute approximate surface area is 166 Å². The summed E-state index contributed by atoms with van der Waals surface area (Å²) < 4.78 is 14.0. The summed E-state index contributed by atoms with van der Waals surface area (Å²) in [5.74, 6) is -0.791. The van der Waals surface area contributed by atoms with Gasteiger partial charge in [0.2, 0.25) is 11.8 Å². The van der Waals surface area contributed by atoms with Gasteiger partial charge in [-0.05, 0) is 36.5 Å². The molecule has 0 bridgehead atoms. The lowest BCUT2D eigenvalue weighted by atomic mass is 10.1. The summed E-state index contributed by atoms with van der Waals surface area (Å²) >= 11 is 0. The molecule has 4 nitrogen and oxygen atoms in total. The second kappa shape index (κ2) is 11.2. The van der Waals surface area contributed by atoms with Crippen molar-refractivity contribution in [1.82, 2.24) is 10.2 Å². The van der Waals surface area contributed by atoms with Crippen molar-refractivity contribution in [1.29, 1.82) is 0 Å². The molecule has 0 radical (unpaired) electrons. The molecule has 0 saturated carbocycles. The maximum absolute atomic E-state index is 14.0. The average Bonchev–Trinajstić information content (AvgIpc) is 2.71. The Hall–Kier alpha value is -2.69. The van der Waals surface area contributed by atoms with E-state index in [2.05, 4.69) is 5.32 Å². The quantitative estimate of drug-likeness (QED) is 0.678. The van der Waals surface area contributed by atoms with Crippen molar-refractivity contribution in [2.45, 2.75) is 45.6 Å². The van der Waals surface area contributed by atoms with Crippen LogP contribution in [0.3, 0.4) is 0 Å². The average molecular weight is 384 g/mol. The summed E-state index contributed by atoms with van der Waals surface area (Å²) in [6.07, 6.45) is 1.92. The molecule has 0 aliphatic carbocycles. The van der Waals surface area contributed by atoms with Gasteiger partial charge < -0.3 is 10.2 Å². The normalized spacial score (nSPS) is 11.7. The molecule has 1 atom stereocenters. The van der Waals surface area contributed by atoms with Crippen LogP contribution >= 0.6 is 0 Å². The van der Waals surface area contributed by atoms with Gasteiger partial charge in [-0.2, -0.15) is 0 Å². The molecule has 0 fully saturated rings. The molecule has 2 amide bonds. The van der Waals surface area contributed by atoms with Gasteiger partial charge in [0.15, 0.2) is 0 Å². The number of halogens is 1. The zero-order valence-corrected chi connectivity index (χ0v) is 16.7. The van der Waals surface area contributed by atoms with E-state index in [0.717, 1.165) is 12.0 Å². The van der Waals surface area contributed by atoms with Crippen molar-refractivity contribution < 1.29 is 14.0 Å². The fourth-order valence-electron chi connectivity index (χ4n) is 3.17. The second-order valence-electron chi connectivity index (χ2n) is 6.81. The monoisotopic (exact) mass is 384 g/mol. The molecule has 2 aromatic rings. The number of carbonyl (C=O) groups excluding carboxylic acids is 2. The van der Waals surface area contributed by atoms with E-state index in [1.165, 1.54) is 6.07 Å². The van der Waals surface area contributed by atoms with Crippen LogP contribution in [0.2, 0.25) is 0 Å². The van der Waals surface area contributed by atoms with Gasteiger partial charge >= 0.3 is 0 Å². The third-order valence-electron chi connectivity index (χ3n) is 4.72. The zero-order valence-electron chi connectivity index (χ0n) is 16.7. The van der Waals surface area contributed by atoms with Crippen LogP contribution < -0.4 is 5.32 Å². The van der Waals surface area contributed by atoms with Crippen LogP contribution in [0.5, 0.6) is 0 Å². The molecule has 0 aliphatic heterocycles. The summed E-state index contributed by atoms with van der Waals surface area (Å²) in [6.45, 7) is 4.86. The van der Waals surface area contributed by atoms with Gasteiger partial charge in [0.1, 0.15) is 11.9 Å². The van der Waals surface area contributed by atoms with E-state index in [0.29, 0.717) is 31.5 Å².